The van der Waals surface area contributed by atoms with Gasteiger partial charge in [0.25, 0.3) is 0 Å². The quantitative estimate of drug-likeness (QED) is 0.363. The molecule has 0 unspecified atom stereocenters. The molecule has 1 aliphatic heterocycles. The van der Waals surface area contributed by atoms with Crippen molar-refractivity contribution in [2.24, 2.45) is 17.8 Å². The zero-order valence-corrected chi connectivity index (χ0v) is 22.7. The molecule has 192 valence electrons. The summed E-state index contributed by atoms with van der Waals surface area (Å²) in [6, 6.07) is 14.6. The number of hydrogen-bond acceptors (Lipinski definition) is 6. The van der Waals surface area contributed by atoms with Gasteiger partial charge in [0.1, 0.15) is 5.60 Å². The topological polar surface area (TPSA) is 90.0 Å². The summed E-state index contributed by atoms with van der Waals surface area (Å²) in [5.41, 5.74) is -0.119. The molecular weight excluding hydrogens is 538 g/mol. The number of Topliss-reactive ketones (excluding diaryl/α,β-unsaturated/α-hetero) is 1. The van der Waals surface area contributed by atoms with Crippen molar-refractivity contribution in [3.05, 3.63) is 69.7 Å². The summed E-state index contributed by atoms with van der Waals surface area (Å²) in [4.78, 5) is 56.0. The van der Waals surface area contributed by atoms with Crippen LogP contribution in [0.1, 0.15) is 45.2 Å². The fraction of sp³-hybridized carbons (Fsp3) is 0.379. The maximum atomic E-state index is 14.5. The van der Waals surface area contributed by atoms with Gasteiger partial charge < -0.3 is 9.47 Å². The van der Waals surface area contributed by atoms with E-state index in [0.717, 1.165) is 10.5 Å². The number of esters is 1. The predicted octanol–water partition coefficient (Wildman–Crippen LogP) is 5.45. The number of rotatable bonds is 3. The average molecular weight is 566 g/mol. The number of allylic oxidation sites excluding steroid dienone is 1. The molecule has 2 amide bonds. The highest BCUT2D eigenvalue weighted by atomic mass is 79.9. The maximum absolute atomic E-state index is 14.5. The molecule has 4 atom stereocenters. The number of hydrogen-bond donors (Lipinski definition) is 0. The second-order valence-electron chi connectivity index (χ2n) is 10.7. The number of imide groups is 1. The second-order valence-corrected chi connectivity index (χ2v) is 11.6. The molecule has 7 nitrogen and oxygen atoms in total. The van der Waals surface area contributed by atoms with Gasteiger partial charge in [-0.25, -0.2) is 9.69 Å². The Labute approximate surface area is 223 Å². The van der Waals surface area contributed by atoms with Crippen LogP contribution in [0.4, 0.5) is 10.5 Å². The van der Waals surface area contributed by atoms with Gasteiger partial charge in [-0.2, -0.15) is 0 Å². The number of ketones is 1. The van der Waals surface area contributed by atoms with Gasteiger partial charge in [0.05, 0.1) is 23.6 Å². The van der Waals surface area contributed by atoms with E-state index in [1.807, 2.05) is 30.3 Å². The number of halogens is 1. The van der Waals surface area contributed by atoms with Crippen molar-refractivity contribution < 1.29 is 28.7 Å². The molecule has 0 N–H and O–H groups in total. The first-order valence-electron chi connectivity index (χ1n) is 12.4. The third-order valence-corrected chi connectivity index (χ3v) is 7.86. The summed E-state index contributed by atoms with van der Waals surface area (Å²) in [5.74, 6) is -3.70. The first-order valence-corrected chi connectivity index (χ1v) is 13.1. The Hall–Kier alpha value is -3.26. The molecule has 0 saturated heterocycles. The summed E-state index contributed by atoms with van der Waals surface area (Å²) in [6.07, 6.45) is 1.31. The number of carbonyl (C=O) groups is 4. The normalized spacial score (nSPS) is 27.2. The molecule has 8 heteroatoms. The highest BCUT2D eigenvalue weighted by Crippen LogP contribution is 2.66. The minimum absolute atomic E-state index is 0.110. The standard InChI is InChI=1S/C29H28BrNO6/c1-5-36-25(33)23-19-15-20(18(24(19)32)13-16-9-7-6-8-10-16)29(23)21-14-17(30)11-12-22(21)31(26(29)34)27(35)37-28(2,3)4/h6-14,19-20,23H,5,15H2,1-4H3/b18-13+/t19-,20-,23-,29-/m1/s1. The molecule has 5 rings (SSSR count). The molecule has 2 fully saturated rings. The summed E-state index contributed by atoms with van der Waals surface area (Å²) in [5, 5.41) is 0. The molecule has 2 aromatic rings. The maximum Gasteiger partial charge on any atom is 0.421 e. The van der Waals surface area contributed by atoms with Crippen LogP contribution in [0.25, 0.3) is 6.08 Å². The molecule has 2 aliphatic carbocycles. The average Bonchev–Trinajstić information content (AvgIpc) is 3.42. The first kappa shape index (κ1) is 25.4. The number of benzene rings is 2. The van der Waals surface area contributed by atoms with Crippen LogP contribution in [-0.4, -0.2) is 36.0 Å². The lowest BCUT2D eigenvalue weighted by Gasteiger charge is -2.39. The van der Waals surface area contributed by atoms with Crippen LogP contribution >= 0.6 is 15.9 Å². The molecular formula is C29H28BrNO6. The SMILES string of the molecule is CCOC(=O)[C@H]1[C@H]2C[C@H](/C(=C\c3ccccc3)C2=O)[C@]12C(=O)N(C(=O)OC(C)(C)C)c1ccc(Br)cc12. The van der Waals surface area contributed by atoms with Crippen LogP contribution in [0.5, 0.6) is 0 Å². The van der Waals surface area contributed by atoms with E-state index in [-0.39, 0.29) is 12.4 Å². The van der Waals surface area contributed by atoms with Gasteiger partial charge >= 0.3 is 12.1 Å². The molecule has 2 saturated carbocycles. The minimum atomic E-state index is -1.47. The van der Waals surface area contributed by atoms with Gasteiger partial charge in [0, 0.05) is 21.9 Å². The summed E-state index contributed by atoms with van der Waals surface area (Å²) < 4.78 is 11.7. The third kappa shape index (κ3) is 3.84. The van der Waals surface area contributed by atoms with Crippen LogP contribution in [0.3, 0.4) is 0 Å². The predicted molar refractivity (Wildman–Crippen MR) is 141 cm³/mol. The highest BCUT2D eigenvalue weighted by Gasteiger charge is 2.74. The van der Waals surface area contributed by atoms with Crippen LogP contribution in [-0.2, 0) is 29.3 Å². The van der Waals surface area contributed by atoms with E-state index in [1.54, 1.807) is 52.0 Å². The summed E-state index contributed by atoms with van der Waals surface area (Å²) in [7, 11) is 0. The lowest BCUT2D eigenvalue weighted by atomic mass is 9.60. The van der Waals surface area contributed by atoms with Crippen molar-refractivity contribution in [2.75, 3.05) is 11.5 Å². The molecule has 0 radical (unpaired) electrons. The monoisotopic (exact) mass is 565 g/mol. The van der Waals surface area contributed by atoms with E-state index < -0.39 is 46.7 Å². The van der Waals surface area contributed by atoms with E-state index in [2.05, 4.69) is 15.9 Å². The van der Waals surface area contributed by atoms with Crippen LogP contribution in [0, 0.1) is 17.8 Å². The molecule has 2 bridgehead atoms. The lowest BCUT2D eigenvalue weighted by molar-refractivity contribution is -0.156. The van der Waals surface area contributed by atoms with Crippen molar-refractivity contribution in [3.8, 4) is 0 Å². The molecule has 37 heavy (non-hydrogen) atoms. The number of ether oxygens (including phenoxy) is 2. The Kier molecular flexibility index (Phi) is 6.14. The molecule has 0 aromatic heterocycles. The Morgan fingerprint density at radius 3 is 2.49 bits per heavy atom. The number of amides is 2. The Bertz CT molecular complexity index is 1340. The number of anilines is 1. The fourth-order valence-corrected chi connectivity index (χ4v) is 6.54. The van der Waals surface area contributed by atoms with Crippen molar-refractivity contribution >= 4 is 51.4 Å². The molecule has 1 spiro atoms. The summed E-state index contributed by atoms with van der Waals surface area (Å²) >= 11 is 3.50. The zero-order chi connectivity index (χ0) is 26.7. The number of carbonyl (C=O) groups excluding carboxylic acids is 4. The lowest BCUT2D eigenvalue weighted by Crippen LogP contribution is -2.55. The third-order valence-electron chi connectivity index (χ3n) is 7.37. The fourth-order valence-electron chi connectivity index (χ4n) is 6.18. The largest absolute Gasteiger partial charge is 0.466 e. The van der Waals surface area contributed by atoms with Crippen LogP contribution < -0.4 is 4.90 Å². The van der Waals surface area contributed by atoms with Gasteiger partial charge in [0.2, 0.25) is 5.91 Å². The van der Waals surface area contributed by atoms with E-state index in [4.69, 9.17) is 9.47 Å². The van der Waals surface area contributed by atoms with Crippen molar-refractivity contribution in [1.29, 1.82) is 0 Å². The van der Waals surface area contributed by atoms with E-state index in [9.17, 15) is 19.2 Å². The number of fused-ring (bicyclic) bond motifs is 5. The van der Waals surface area contributed by atoms with E-state index in [0.29, 0.717) is 27.7 Å². The second kappa shape index (κ2) is 8.94. The van der Waals surface area contributed by atoms with Gasteiger partial charge in [-0.15, -0.1) is 0 Å². The van der Waals surface area contributed by atoms with Crippen LogP contribution in [0.15, 0.2) is 58.6 Å². The Morgan fingerprint density at radius 1 is 1.14 bits per heavy atom. The number of nitrogens with zero attached hydrogens (tertiary/aromatic N) is 1. The van der Waals surface area contributed by atoms with Crippen molar-refractivity contribution in [3.63, 3.8) is 0 Å². The minimum Gasteiger partial charge on any atom is -0.466 e. The van der Waals surface area contributed by atoms with Gasteiger partial charge in [-0.05, 0) is 69.5 Å². The molecule has 3 aliphatic rings. The van der Waals surface area contributed by atoms with Gasteiger partial charge in [-0.1, -0.05) is 46.3 Å². The zero-order valence-electron chi connectivity index (χ0n) is 21.1. The van der Waals surface area contributed by atoms with Gasteiger partial charge in [0.15, 0.2) is 5.78 Å². The highest BCUT2D eigenvalue weighted by molar-refractivity contribution is 9.10. The molecule has 2 aromatic carbocycles. The first-order chi connectivity index (χ1) is 17.5. The van der Waals surface area contributed by atoms with Crippen molar-refractivity contribution in [2.45, 2.75) is 45.1 Å². The van der Waals surface area contributed by atoms with Crippen LogP contribution in [0.2, 0.25) is 0 Å². The summed E-state index contributed by atoms with van der Waals surface area (Å²) in [6.45, 7) is 6.97. The van der Waals surface area contributed by atoms with E-state index >= 15 is 0 Å². The molecule has 1 heterocycles. The Balaban J connectivity index is 1.74. The smallest absolute Gasteiger partial charge is 0.421 e. The van der Waals surface area contributed by atoms with Gasteiger partial charge in [-0.3, -0.25) is 14.4 Å². The van der Waals surface area contributed by atoms with E-state index in [1.165, 1.54) is 0 Å². The Morgan fingerprint density at radius 2 is 1.84 bits per heavy atom. The van der Waals surface area contributed by atoms with Crippen molar-refractivity contribution in [1.82, 2.24) is 0 Å².